The first-order chi connectivity index (χ1) is 8.20. The first-order valence-electron chi connectivity index (χ1n) is 6.30. The molecule has 0 aliphatic carbocycles. The topological polar surface area (TPSA) is 63.1 Å². The third-order valence-corrected chi connectivity index (χ3v) is 2.74. The standard InChI is InChI=1S/C14H22N2O2/c1-9(2)12-10(13(17)18)8-15-11(16-12)6-7-14(3,4)5/h8-9H,6-7H2,1-5H3,(H,17,18). The summed E-state index contributed by atoms with van der Waals surface area (Å²) in [5, 5.41) is 9.08. The third kappa shape index (κ3) is 4.09. The summed E-state index contributed by atoms with van der Waals surface area (Å²) in [6, 6.07) is 0. The van der Waals surface area contributed by atoms with Gasteiger partial charge in [0.05, 0.1) is 11.3 Å². The Morgan fingerprint density at radius 1 is 1.39 bits per heavy atom. The molecule has 0 saturated heterocycles. The number of hydrogen-bond donors (Lipinski definition) is 1. The Balaban J connectivity index is 2.97. The first kappa shape index (κ1) is 14.6. The number of hydrogen-bond acceptors (Lipinski definition) is 3. The lowest BCUT2D eigenvalue weighted by molar-refractivity contribution is 0.0694. The molecule has 1 aromatic rings. The van der Waals surface area contributed by atoms with Crippen molar-refractivity contribution in [3.8, 4) is 0 Å². The largest absolute Gasteiger partial charge is 0.478 e. The van der Waals surface area contributed by atoms with Gasteiger partial charge in [-0.2, -0.15) is 0 Å². The molecule has 1 aromatic heterocycles. The summed E-state index contributed by atoms with van der Waals surface area (Å²) in [5.41, 5.74) is 1.07. The van der Waals surface area contributed by atoms with Crippen LogP contribution in [0, 0.1) is 5.41 Å². The summed E-state index contributed by atoms with van der Waals surface area (Å²) in [4.78, 5) is 19.6. The maximum absolute atomic E-state index is 11.1. The van der Waals surface area contributed by atoms with Crippen molar-refractivity contribution in [2.24, 2.45) is 5.41 Å². The summed E-state index contributed by atoms with van der Waals surface area (Å²) >= 11 is 0. The summed E-state index contributed by atoms with van der Waals surface area (Å²) in [6.07, 6.45) is 3.20. The van der Waals surface area contributed by atoms with E-state index in [1.807, 2.05) is 13.8 Å². The van der Waals surface area contributed by atoms with E-state index in [4.69, 9.17) is 5.11 Å². The van der Waals surface area contributed by atoms with Gasteiger partial charge in [-0.1, -0.05) is 34.6 Å². The maximum atomic E-state index is 11.1. The summed E-state index contributed by atoms with van der Waals surface area (Å²) in [6.45, 7) is 10.4. The average molecular weight is 250 g/mol. The number of nitrogens with zero attached hydrogens (tertiary/aromatic N) is 2. The van der Waals surface area contributed by atoms with Gasteiger partial charge in [0.25, 0.3) is 0 Å². The van der Waals surface area contributed by atoms with Crippen LogP contribution in [0.4, 0.5) is 0 Å². The van der Waals surface area contributed by atoms with E-state index in [1.54, 1.807) is 0 Å². The van der Waals surface area contributed by atoms with Crippen LogP contribution >= 0.6 is 0 Å². The number of aromatic carboxylic acids is 1. The van der Waals surface area contributed by atoms with Crippen LogP contribution in [-0.4, -0.2) is 21.0 Å². The highest BCUT2D eigenvalue weighted by atomic mass is 16.4. The van der Waals surface area contributed by atoms with E-state index in [0.29, 0.717) is 5.69 Å². The van der Waals surface area contributed by atoms with Crippen molar-refractivity contribution < 1.29 is 9.90 Å². The number of rotatable bonds is 4. The second-order valence-corrected chi connectivity index (χ2v) is 6.11. The molecule has 18 heavy (non-hydrogen) atoms. The monoisotopic (exact) mass is 250 g/mol. The molecular formula is C14H22N2O2. The molecule has 0 saturated carbocycles. The predicted molar refractivity (Wildman–Crippen MR) is 70.9 cm³/mol. The van der Waals surface area contributed by atoms with Gasteiger partial charge in [0.15, 0.2) is 0 Å². The molecule has 0 radical (unpaired) electrons. The molecule has 0 unspecified atom stereocenters. The molecule has 1 N–H and O–H groups in total. The molecule has 0 spiro atoms. The zero-order valence-corrected chi connectivity index (χ0v) is 11.8. The molecule has 0 amide bonds. The van der Waals surface area contributed by atoms with Gasteiger partial charge in [-0.05, 0) is 17.8 Å². The average Bonchev–Trinajstić information content (AvgIpc) is 2.24. The van der Waals surface area contributed by atoms with Crippen molar-refractivity contribution >= 4 is 5.97 Å². The quantitative estimate of drug-likeness (QED) is 0.890. The molecule has 1 rings (SSSR count). The summed E-state index contributed by atoms with van der Waals surface area (Å²) in [7, 11) is 0. The minimum atomic E-state index is -0.957. The second-order valence-electron chi connectivity index (χ2n) is 6.11. The van der Waals surface area contributed by atoms with Crippen LogP contribution < -0.4 is 0 Å². The Bertz CT molecular complexity index is 434. The molecule has 100 valence electrons. The number of carboxylic acid groups (broad SMARTS) is 1. The smallest absolute Gasteiger partial charge is 0.339 e. The van der Waals surface area contributed by atoms with E-state index < -0.39 is 5.97 Å². The normalized spacial score (nSPS) is 11.9. The molecule has 0 bridgehead atoms. The molecule has 0 aliphatic heterocycles. The molecule has 4 heteroatoms. The maximum Gasteiger partial charge on any atom is 0.339 e. The van der Waals surface area contributed by atoms with E-state index in [9.17, 15) is 4.79 Å². The highest BCUT2D eigenvalue weighted by Crippen LogP contribution is 2.22. The Morgan fingerprint density at radius 3 is 2.44 bits per heavy atom. The number of carbonyl (C=O) groups is 1. The van der Waals surface area contributed by atoms with E-state index in [2.05, 4.69) is 30.7 Å². The van der Waals surface area contributed by atoms with Crippen molar-refractivity contribution in [1.82, 2.24) is 9.97 Å². The van der Waals surface area contributed by atoms with Crippen molar-refractivity contribution in [2.45, 2.75) is 53.4 Å². The molecule has 4 nitrogen and oxygen atoms in total. The minimum absolute atomic E-state index is 0.0903. The minimum Gasteiger partial charge on any atom is -0.478 e. The van der Waals surface area contributed by atoms with Gasteiger partial charge in [0.1, 0.15) is 5.82 Å². The van der Waals surface area contributed by atoms with Crippen LogP contribution in [0.25, 0.3) is 0 Å². The second kappa shape index (κ2) is 5.46. The summed E-state index contributed by atoms with van der Waals surface area (Å²) in [5.74, 6) is -0.132. The van der Waals surface area contributed by atoms with Gasteiger partial charge >= 0.3 is 5.97 Å². The lowest BCUT2D eigenvalue weighted by Crippen LogP contribution is -2.12. The Morgan fingerprint density at radius 2 is 2.00 bits per heavy atom. The molecule has 0 aliphatic rings. The van der Waals surface area contributed by atoms with E-state index in [0.717, 1.165) is 18.7 Å². The van der Waals surface area contributed by atoms with Gasteiger partial charge in [-0.25, -0.2) is 14.8 Å². The molecule has 0 fully saturated rings. The van der Waals surface area contributed by atoms with Crippen molar-refractivity contribution in [2.75, 3.05) is 0 Å². The lowest BCUT2D eigenvalue weighted by atomic mass is 9.90. The fourth-order valence-corrected chi connectivity index (χ4v) is 1.65. The van der Waals surface area contributed by atoms with Crippen LogP contribution in [0.1, 0.15) is 68.8 Å². The molecule has 0 aromatic carbocycles. The number of aryl methyl sites for hydroxylation is 1. The zero-order valence-electron chi connectivity index (χ0n) is 11.8. The SMILES string of the molecule is CC(C)c1nc(CCC(C)(C)C)ncc1C(=O)O. The van der Waals surface area contributed by atoms with Crippen molar-refractivity contribution in [1.29, 1.82) is 0 Å². The van der Waals surface area contributed by atoms with E-state index in [1.165, 1.54) is 6.20 Å². The molecule has 0 atom stereocenters. The van der Waals surface area contributed by atoms with Gasteiger partial charge in [-0.3, -0.25) is 0 Å². The van der Waals surface area contributed by atoms with Gasteiger partial charge in [0, 0.05) is 12.6 Å². The van der Waals surface area contributed by atoms with Crippen LogP contribution in [0.2, 0.25) is 0 Å². The van der Waals surface area contributed by atoms with Gasteiger partial charge < -0.3 is 5.11 Å². The van der Waals surface area contributed by atoms with Crippen LogP contribution in [0.5, 0.6) is 0 Å². The fraction of sp³-hybridized carbons (Fsp3) is 0.643. The summed E-state index contributed by atoms with van der Waals surface area (Å²) < 4.78 is 0. The van der Waals surface area contributed by atoms with Crippen molar-refractivity contribution in [3.05, 3.63) is 23.3 Å². The van der Waals surface area contributed by atoms with E-state index >= 15 is 0 Å². The molecular weight excluding hydrogens is 228 g/mol. The number of aromatic nitrogens is 2. The Kier molecular flexibility index (Phi) is 4.43. The van der Waals surface area contributed by atoms with E-state index in [-0.39, 0.29) is 16.9 Å². The van der Waals surface area contributed by atoms with Crippen LogP contribution in [0.3, 0.4) is 0 Å². The highest BCUT2D eigenvalue weighted by Gasteiger charge is 2.17. The number of carboxylic acids is 1. The van der Waals surface area contributed by atoms with Crippen LogP contribution in [0.15, 0.2) is 6.20 Å². The highest BCUT2D eigenvalue weighted by molar-refractivity contribution is 5.88. The van der Waals surface area contributed by atoms with Gasteiger partial charge in [0.2, 0.25) is 0 Å². The van der Waals surface area contributed by atoms with Crippen molar-refractivity contribution in [3.63, 3.8) is 0 Å². The third-order valence-electron chi connectivity index (χ3n) is 2.74. The fourth-order valence-electron chi connectivity index (χ4n) is 1.65. The zero-order chi connectivity index (χ0) is 13.9. The molecule has 1 heterocycles. The first-order valence-corrected chi connectivity index (χ1v) is 6.30. The van der Waals surface area contributed by atoms with Crippen LogP contribution in [-0.2, 0) is 6.42 Å². The Labute approximate surface area is 108 Å². The Hall–Kier alpha value is -1.45. The predicted octanol–water partition coefficient (Wildman–Crippen LogP) is 3.28. The lowest BCUT2D eigenvalue weighted by Gasteiger charge is -2.17. The van der Waals surface area contributed by atoms with Gasteiger partial charge in [-0.15, -0.1) is 0 Å².